The Bertz CT molecular complexity index is 1160. The molecule has 0 aliphatic heterocycles. The van der Waals surface area contributed by atoms with Gasteiger partial charge in [-0.15, -0.1) is 0 Å². The number of esters is 1. The predicted molar refractivity (Wildman–Crippen MR) is 125 cm³/mol. The molecule has 31 heavy (non-hydrogen) atoms. The van der Waals surface area contributed by atoms with E-state index < -0.39 is 11.5 Å². The van der Waals surface area contributed by atoms with Crippen molar-refractivity contribution in [1.82, 2.24) is 14.0 Å². The second-order valence-corrected chi connectivity index (χ2v) is 7.47. The molecule has 0 radical (unpaired) electrons. The fourth-order valence-electron chi connectivity index (χ4n) is 3.18. The highest BCUT2D eigenvalue weighted by Crippen LogP contribution is 2.22. The molecule has 7 nitrogen and oxygen atoms in total. The van der Waals surface area contributed by atoms with Gasteiger partial charge in [-0.3, -0.25) is 13.9 Å². The van der Waals surface area contributed by atoms with Gasteiger partial charge in [-0.25, -0.2) is 4.79 Å². The molecule has 0 aliphatic carbocycles. The highest BCUT2D eigenvalue weighted by Gasteiger charge is 2.25. The van der Waals surface area contributed by atoms with Crippen LogP contribution in [-0.2, 0) is 4.74 Å². The van der Waals surface area contributed by atoms with Crippen molar-refractivity contribution in [3.05, 3.63) is 81.4 Å². The van der Waals surface area contributed by atoms with Crippen molar-refractivity contribution in [1.29, 1.82) is 0 Å². The second-order valence-electron chi connectivity index (χ2n) is 7.10. The fourth-order valence-corrected chi connectivity index (χ4v) is 3.57. The SMILES string of the molecule is CCOC(=O)c1c(NCCN(C)C)n(-c2ccccc2)c(=S)n(-c2ccccc2)c1=O. The maximum absolute atomic E-state index is 13.5. The number of hydrogen-bond donors (Lipinski definition) is 1. The minimum Gasteiger partial charge on any atom is -0.462 e. The van der Waals surface area contributed by atoms with Crippen LogP contribution in [0.4, 0.5) is 5.82 Å². The number of ether oxygens (including phenoxy) is 1. The Balaban J connectivity index is 2.37. The van der Waals surface area contributed by atoms with Gasteiger partial charge in [-0.1, -0.05) is 36.4 Å². The van der Waals surface area contributed by atoms with E-state index in [1.54, 1.807) is 23.6 Å². The van der Waals surface area contributed by atoms with Crippen molar-refractivity contribution in [2.45, 2.75) is 6.92 Å². The Labute approximate surface area is 186 Å². The van der Waals surface area contributed by atoms with Crippen LogP contribution in [0.25, 0.3) is 11.4 Å². The Morgan fingerprint density at radius 2 is 1.55 bits per heavy atom. The number of carbonyl (C=O) groups is 1. The topological polar surface area (TPSA) is 68.5 Å². The van der Waals surface area contributed by atoms with Crippen molar-refractivity contribution in [3.8, 4) is 11.4 Å². The number of para-hydroxylation sites is 2. The van der Waals surface area contributed by atoms with Gasteiger partial charge in [0.2, 0.25) is 0 Å². The van der Waals surface area contributed by atoms with Crippen molar-refractivity contribution >= 4 is 24.0 Å². The third-order valence-electron chi connectivity index (χ3n) is 4.62. The summed E-state index contributed by atoms with van der Waals surface area (Å²) in [4.78, 5) is 28.5. The molecule has 0 saturated heterocycles. The molecule has 3 rings (SSSR count). The van der Waals surface area contributed by atoms with Crippen LogP contribution >= 0.6 is 12.2 Å². The lowest BCUT2D eigenvalue weighted by Crippen LogP contribution is -2.33. The molecule has 0 bridgehead atoms. The molecule has 3 aromatic rings. The van der Waals surface area contributed by atoms with E-state index >= 15 is 0 Å². The molecule has 8 heteroatoms. The molecule has 0 saturated carbocycles. The first kappa shape index (κ1) is 22.5. The van der Waals surface area contributed by atoms with Crippen LogP contribution in [0, 0.1) is 4.77 Å². The lowest BCUT2D eigenvalue weighted by Gasteiger charge is -2.22. The Morgan fingerprint density at radius 1 is 1.00 bits per heavy atom. The molecule has 1 aromatic heterocycles. The Morgan fingerprint density at radius 3 is 2.06 bits per heavy atom. The molecule has 0 fully saturated rings. The monoisotopic (exact) mass is 438 g/mol. The van der Waals surface area contributed by atoms with Crippen molar-refractivity contribution < 1.29 is 9.53 Å². The zero-order chi connectivity index (χ0) is 22.4. The number of nitrogens with zero attached hydrogens (tertiary/aromatic N) is 3. The summed E-state index contributed by atoms with van der Waals surface area (Å²) in [6.07, 6.45) is 0. The summed E-state index contributed by atoms with van der Waals surface area (Å²) in [5.41, 5.74) is 0.707. The maximum Gasteiger partial charge on any atom is 0.347 e. The molecular formula is C23H26N4O3S. The number of benzene rings is 2. The van der Waals surface area contributed by atoms with Crippen LogP contribution in [-0.4, -0.2) is 53.8 Å². The largest absolute Gasteiger partial charge is 0.462 e. The van der Waals surface area contributed by atoms with Crippen LogP contribution in [0.3, 0.4) is 0 Å². The zero-order valence-electron chi connectivity index (χ0n) is 17.9. The number of aromatic nitrogens is 2. The number of nitrogens with one attached hydrogen (secondary N) is 1. The summed E-state index contributed by atoms with van der Waals surface area (Å²) in [7, 11) is 3.90. The molecule has 0 aliphatic rings. The first-order valence-corrected chi connectivity index (χ1v) is 10.4. The molecular weight excluding hydrogens is 412 g/mol. The normalized spacial score (nSPS) is 10.8. The van der Waals surface area contributed by atoms with Gasteiger partial charge < -0.3 is 15.0 Å². The van der Waals surface area contributed by atoms with Crippen molar-refractivity contribution in [3.63, 3.8) is 0 Å². The lowest BCUT2D eigenvalue weighted by molar-refractivity contribution is 0.0524. The van der Waals surface area contributed by atoms with Gasteiger partial charge in [0.1, 0.15) is 5.82 Å². The second kappa shape index (κ2) is 10.2. The minimum atomic E-state index is -0.691. The van der Waals surface area contributed by atoms with E-state index in [1.807, 2.05) is 67.5 Å². The standard InChI is InChI=1S/C23H26N4O3S/c1-4-30-22(29)19-20(24-15-16-25(2)3)26(17-11-7-5-8-12-17)23(31)27(21(19)28)18-13-9-6-10-14-18/h5-14,24H,4,15-16H2,1-3H3. The van der Waals surface area contributed by atoms with Gasteiger partial charge >= 0.3 is 5.97 Å². The first-order chi connectivity index (χ1) is 15.0. The highest BCUT2D eigenvalue weighted by atomic mass is 32.1. The van der Waals surface area contributed by atoms with Gasteiger partial charge in [0.25, 0.3) is 5.56 Å². The Hall–Kier alpha value is -3.23. The molecule has 0 atom stereocenters. The van der Waals surface area contributed by atoms with E-state index in [2.05, 4.69) is 5.32 Å². The van der Waals surface area contributed by atoms with E-state index in [0.29, 0.717) is 24.6 Å². The average molecular weight is 439 g/mol. The predicted octanol–water partition coefficient (Wildman–Crippen LogP) is 3.51. The molecule has 1 N–H and O–H groups in total. The van der Waals surface area contributed by atoms with E-state index in [9.17, 15) is 9.59 Å². The van der Waals surface area contributed by atoms with E-state index in [-0.39, 0.29) is 16.9 Å². The summed E-state index contributed by atoms with van der Waals surface area (Å²) < 4.78 is 8.58. The summed E-state index contributed by atoms with van der Waals surface area (Å²) >= 11 is 5.77. The quantitative estimate of drug-likeness (QED) is 0.429. The Kier molecular flexibility index (Phi) is 7.38. The minimum absolute atomic E-state index is 0.0816. The number of rotatable bonds is 8. The molecule has 0 spiro atoms. The third-order valence-corrected chi connectivity index (χ3v) is 4.98. The summed E-state index contributed by atoms with van der Waals surface area (Å²) in [6, 6.07) is 18.4. The third kappa shape index (κ3) is 4.92. The van der Waals surface area contributed by atoms with Crippen LogP contribution in [0.15, 0.2) is 65.5 Å². The molecule has 0 amide bonds. The molecule has 2 aromatic carbocycles. The number of likely N-dealkylation sites (N-methyl/N-ethyl adjacent to an activating group) is 1. The number of carbonyl (C=O) groups excluding carboxylic acids is 1. The first-order valence-electron chi connectivity index (χ1n) is 10.0. The van der Waals surface area contributed by atoms with E-state index in [4.69, 9.17) is 17.0 Å². The van der Waals surface area contributed by atoms with E-state index in [1.165, 1.54) is 4.57 Å². The highest BCUT2D eigenvalue weighted by molar-refractivity contribution is 7.71. The van der Waals surface area contributed by atoms with Crippen LogP contribution in [0.5, 0.6) is 0 Å². The summed E-state index contributed by atoms with van der Waals surface area (Å²) in [5, 5.41) is 3.25. The average Bonchev–Trinajstić information content (AvgIpc) is 2.75. The van der Waals surface area contributed by atoms with Gasteiger partial charge in [-0.05, 0) is 57.5 Å². The zero-order valence-corrected chi connectivity index (χ0v) is 18.7. The van der Waals surface area contributed by atoms with E-state index in [0.717, 1.165) is 5.69 Å². The van der Waals surface area contributed by atoms with Crippen LogP contribution in [0.2, 0.25) is 0 Å². The van der Waals surface area contributed by atoms with Gasteiger partial charge in [0, 0.05) is 18.8 Å². The lowest BCUT2D eigenvalue weighted by atomic mass is 10.2. The molecule has 162 valence electrons. The van der Waals surface area contributed by atoms with Crippen LogP contribution in [0.1, 0.15) is 17.3 Å². The van der Waals surface area contributed by atoms with Crippen molar-refractivity contribution in [2.75, 3.05) is 39.1 Å². The molecule has 0 unspecified atom stereocenters. The van der Waals surface area contributed by atoms with Crippen LogP contribution < -0.4 is 10.9 Å². The van der Waals surface area contributed by atoms with Gasteiger partial charge in [-0.2, -0.15) is 0 Å². The summed E-state index contributed by atoms with van der Waals surface area (Å²) in [6.45, 7) is 3.07. The summed E-state index contributed by atoms with van der Waals surface area (Å²) in [5.74, 6) is -0.363. The smallest absolute Gasteiger partial charge is 0.347 e. The van der Waals surface area contributed by atoms with Gasteiger partial charge in [0.15, 0.2) is 10.3 Å². The maximum atomic E-state index is 13.5. The molecule has 1 heterocycles. The fraction of sp³-hybridized carbons (Fsp3) is 0.261. The number of anilines is 1. The van der Waals surface area contributed by atoms with Gasteiger partial charge in [0.05, 0.1) is 12.3 Å². The van der Waals surface area contributed by atoms with Crippen molar-refractivity contribution in [2.24, 2.45) is 0 Å². The number of hydrogen-bond acceptors (Lipinski definition) is 6.